The summed E-state index contributed by atoms with van der Waals surface area (Å²) in [6, 6.07) is 6.29. The summed E-state index contributed by atoms with van der Waals surface area (Å²) >= 11 is 0. The third-order valence-corrected chi connectivity index (χ3v) is 3.71. The number of methoxy groups -OCH3 is 2. The van der Waals surface area contributed by atoms with Crippen molar-refractivity contribution >= 4 is 11.9 Å². The number of hydrogen-bond acceptors (Lipinski definition) is 8. The van der Waals surface area contributed by atoms with Crippen LogP contribution in [0.4, 0.5) is 0 Å². The number of esters is 2. The third kappa shape index (κ3) is 6.71. The van der Waals surface area contributed by atoms with Gasteiger partial charge in [-0.25, -0.2) is 9.59 Å². The molecule has 2 aromatic rings. The SMILES string of the molecule is COCCCOC(=O)c1ccnc(-c2cc(C(=O)OCCCOC)ccn2)c1. The van der Waals surface area contributed by atoms with Crippen LogP contribution in [0.15, 0.2) is 36.7 Å². The van der Waals surface area contributed by atoms with Crippen molar-refractivity contribution in [1.82, 2.24) is 9.97 Å². The molecule has 2 rings (SSSR count). The summed E-state index contributed by atoms with van der Waals surface area (Å²) in [5.74, 6) is -0.901. The zero-order valence-electron chi connectivity index (χ0n) is 16.1. The van der Waals surface area contributed by atoms with E-state index in [0.29, 0.717) is 48.6 Å². The van der Waals surface area contributed by atoms with Crippen LogP contribution in [0.1, 0.15) is 33.6 Å². The minimum atomic E-state index is -0.450. The fourth-order valence-corrected chi connectivity index (χ4v) is 2.30. The van der Waals surface area contributed by atoms with Crippen LogP contribution in [-0.4, -0.2) is 62.6 Å². The summed E-state index contributed by atoms with van der Waals surface area (Å²) in [7, 11) is 3.18. The summed E-state index contributed by atoms with van der Waals surface area (Å²) in [5.41, 5.74) is 1.63. The quantitative estimate of drug-likeness (QED) is 0.428. The van der Waals surface area contributed by atoms with Gasteiger partial charge in [-0.2, -0.15) is 0 Å². The first-order chi connectivity index (χ1) is 13.7. The molecule has 8 nitrogen and oxygen atoms in total. The Balaban J connectivity index is 2.05. The predicted molar refractivity (Wildman–Crippen MR) is 101 cm³/mol. The lowest BCUT2D eigenvalue weighted by molar-refractivity contribution is 0.0458. The van der Waals surface area contributed by atoms with Gasteiger partial charge in [0.25, 0.3) is 0 Å². The van der Waals surface area contributed by atoms with Crippen LogP contribution < -0.4 is 0 Å². The number of carbonyl (C=O) groups excluding carboxylic acids is 2. The highest BCUT2D eigenvalue weighted by Crippen LogP contribution is 2.18. The Morgan fingerprint density at radius 3 is 1.57 bits per heavy atom. The lowest BCUT2D eigenvalue weighted by Gasteiger charge is -2.07. The van der Waals surface area contributed by atoms with Crippen molar-refractivity contribution in [2.75, 3.05) is 40.6 Å². The highest BCUT2D eigenvalue weighted by atomic mass is 16.5. The molecule has 0 radical (unpaired) electrons. The second-order valence-corrected chi connectivity index (χ2v) is 5.82. The first kappa shape index (κ1) is 21.5. The van der Waals surface area contributed by atoms with Crippen molar-refractivity contribution in [1.29, 1.82) is 0 Å². The molecule has 0 fully saturated rings. The monoisotopic (exact) mass is 388 g/mol. The van der Waals surface area contributed by atoms with E-state index in [1.54, 1.807) is 38.5 Å². The molecule has 0 unspecified atom stereocenters. The van der Waals surface area contributed by atoms with Gasteiger partial charge >= 0.3 is 11.9 Å². The van der Waals surface area contributed by atoms with Crippen LogP contribution >= 0.6 is 0 Å². The maximum absolute atomic E-state index is 12.1. The Labute approximate surface area is 163 Å². The Bertz CT molecular complexity index is 715. The standard InChI is InChI=1S/C20H24N2O6/c1-25-9-3-11-27-19(23)15-5-7-21-17(13-15)18-14-16(6-8-22-18)20(24)28-12-4-10-26-2/h5-8,13-14H,3-4,9-12H2,1-2H3. The molecule has 0 spiro atoms. The molecule has 0 saturated carbocycles. The van der Waals surface area contributed by atoms with Gasteiger partial charge in [-0.1, -0.05) is 0 Å². The minimum Gasteiger partial charge on any atom is -0.462 e. The van der Waals surface area contributed by atoms with Gasteiger partial charge in [0.15, 0.2) is 0 Å². The van der Waals surface area contributed by atoms with Crippen molar-refractivity contribution in [3.05, 3.63) is 47.8 Å². The van der Waals surface area contributed by atoms with E-state index < -0.39 is 11.9 Å². The van der Waals surface area contributed by atoms with E-state index in [9.17, 15) is 9.59 Å². The normalized spacial score (nSPS) is 10.5. The zero-order chi connectivity index (χ0) is 20.2. The van der Waals surface area contributed by atoms with Crippen molar-refractivity contribution < 1.29 is 28.5 Å². The van der Waals surface area contributed by atoms with Gasteiger partial charge < -0.3 is 18.9 Å². The molecule has 0 saturated heterocycles. The van der Waals surface area contributed by atoms with Gasteiger partial charge in [0.2, 0.25) is 0 Å². The van der Waals surface area contributed by atoms with E-state index in [2.05, 4.69) is 9.97 Å². The molecule has 0 aromatic carbocycles. The summed E-state index contributed by atoms with van der Waals surface area (Å²) < 4.78 is 20.2. The zero-order valence-corrected chi connectivity index (χ0v) is 16.1. The average molecular weight is 388 g/mol. The molecule has 150 valence electrons. The van der Waals surface area contributed by atoms with Gasteiger partial charge in [-0.3, -0.25) is 9.97 Å². The van der Waals surface area contributed by atoms with Crippen molar-refractivity contribution in [2.45, 2.75) is 12.8 Å². The van der Waals surface area contributed by atoms with Gasteiger partial charge in [0.05, 0.1) is 35.7 Å². The Morgan fingerprint density at radius 2 is 1.18 bits per heavy atom. The van der Waals surface area contributed by atoms with Crippen LogP contribution in [0.3, 0.4) is 0 Å². The second kappa shape index (κ2) is 11.8. The van der Waals surface area contributed by atoms with Crippen molar-refractivity contribution in [3.63, 3.8) is 0 Å². The molecule has 0 N–H and O–H groups in total. The number of hydrogen-bond donors (Lipinski definition) is 0. The Kier molecular flexibility index (Phi) is 9.03. The largest absolute Gasteiger partial charge is 0.462 e. The van der Waals surface area contributed by atoms with E-state index in [1.165, 1.54) is 12.4 Å². The van der Waals surface area contributed by atoms with Crippen LogP contribution in [-0.2, 0) is 18.9 Å². The predicted octanol–water partition coefficient (Wildman–Crippen LogP) is 2.53. The molecule has 28 heavy (non-hydrogen) atoms. The second-order valence-electron chi connectivity index (χ2n) is 5.82. The molecule has 0 aliphatic carbocycles. The Hall–Kier alpha value is -2.84. The molecular formula is C20H24N2O6. The minimum absolute atomic E-state index is 0.271. The molecule has 0 atom stereocenters. The number of ether oxygens (including phenoxy) is 4. The van der Waals surface area contributed by atoms with Crippen molar-refractivity contribution in [3.8, 4) is 11.4 Å². The maximum Gasteiger partial charge on any atom is 0.338 e. The topological polar surface area (TPSA) is 96.8 Å². The van der Waals surface area contributed by atoms with E-state index >= 15 is 0 Å². The first-order valence-corrected chi connectivity index (χ1v) is 8.90. The smallest absolute Gasteiger partial charge is 0.338 e. The van der Waals surface area contributed by atoms with Crippen LogP contribution in [0, 0.1) is 0 Å². The average Bonchev–Trinajstić information content (AvgIpc) is 2.74. The molecule has 0 aliphatic rings. The van der Waals surface area contributed by atoms with Crippen LogP contribution in [0.2, 0.25) is 0 Å². The maximum atomic E-state index is 12.1. The summed E-state index contributed by atoms with van der Waals surface area (Å²) in [6.07, 6.45) is 4.24. The highest BCUT2D eigenvalue weighted by Gasteiger charge is 2.13. The summed E-state index contributed by atoms with van der Waals surface area (Å²) in [6.45, 7) is 1.58. The van der Waals surface area contributed by atoms with E-state index in [0.717, 1.165) is 0 Å². The van der Waals surface area contributed by atoms with Gasteiger partial charge in [-0.15, -0.1) is 0 Å². The molecule has 8 heteroatoms. The van der Waals surface area contributed by atoms with Gasteiger partial charge in [-0.05, 0) is 24.3 Å². The molecular weight excluding hydrogens is 364 g/mol. The lowest BCUT2D eigenvalue weighted by Crippen LogP contribution is -2.09. The molecule has 2 aromatic heterocycles. The number of carbonyl (C=O) groups is 2. The third-order valence-electron chi connectivity index (χ3n) is 3.71. The van der Waals surface area contributed by atoms with Gasteiger partial charge in [0.1, 0.15) is 0 Å². The lowest BCUT2D eigenvalue weighted by atomic mass is 10.1. The molecule has 0 bridgehead atoms. The fraction of sp³-hybridized carbons (Fsp3) is 0.400. The van der Waals surface area contributed by atoms with E-state index in [-0.39, 0.29) is 13.2 Å². The first-order valence-electron chi connectivity index (χ1n) is 8.90. The van der Waals surface area contributed by atoms with Crippen molar-refractivity contribution in [2.24, 2.45) is 0 Å². The Morgan fingerprint density at radius 1 is 0.750 bits per heavy atom. The van der Waals surface area contributed by atoms with Gasteiger partial charge in [0, 0.05) is 52.7 Å². The number of nitrogens with zero attached hydrogens (tertiary/aromatic N) is 2. The number of pyridine rings is 2. The van der Waals surface area contributed by atoms with E-state index in [4.69, 9.17) is 18.9 Å². The summed E-state index contributed by atoms with van der Waals surface area (Å²) in [4.78, 5) is 32.7. The molecule has 0 aliphatic heterocycles. The number of aromatic nitrogens is 2. The molecule has 0 amide bonds. The fourth-order valence-electron chi connectivity index (χ4n) is 2.30. The van der Waals surface area contributed by atoms with Crippen LogP contribution in [0.25, 0.3) is 11.4 Å². The molecule has 2 heterocycles. The van der Waals surface area contributed by atoms with Crippen LogP contribution in [0.5, 0.6) is 0 Å². The highest BCUT2D eigenvalue weighted by molar-refractivity contribution is 5.92. The number of rotatable bonds is 11. The van der Waals surface area contributed by atoms with E-state index in [1.807, 2.05) is 0 Å². The summed E-state index contributed by atoms with van der Waals surface area (Å²) in [5, 5.41) is 0.